The number of hydrogen-bond donors (Lipinski definition) is 0. The van der Waals surface area contributed by atoms with Gasteiger partial charge in [-0.15, -0.1) is 11.8 Å². The number of hydrogen-bond acceptors (Lipinski definition) is 5. The normalized spacial score (nSPS) is 25.9. The number of benzene rings is 1. The van der Waals surface area contributed by atoms with E-state index in [0.717, 1.165) is 24.2 Å². The molecule has 2 rings (SSSR count). The number of esters is 2. The first-order valence-electron chi connectivity index (χ1n) is 8.87. The Morgan fingerprint density at radius 3 is 2.60 bits per heavy atom. The molecule has 0 unspecified atom stereocenters. The van der Waals surface area contributed by atoms with Gasteiger partial charge in [-0.3, -0.25) is 9.59 Å². The highest BCUT2D eigenvalue weighted by molar-refractivity contribution is 8.00. The molecule has 25 heavy (non-hydrogen) atoms. The summed E-state index contributed by atoms with van der Waals surface area (Å²) in [6.45, 7) is 6.33. The van der Waals surface area contributed by atoms with Crippen molar-refractivity contribution >= 4 is 23.7 Å². The van der Waals surface area contributed by atoms with E-state index in [9.17, 15) is 9.59 Å². The fourth-order valence-electron chi connectivity index (χ4n) is 3.31. The van der Waals surface area contributed by atoms with Crippen molar-refractivity contribution in [2.75, 3.05) is 7.11 Å². The molecule has 0 aromatic heterocycles. The second-order valence-corrected chi connectivity index (χ2v) is 8.47. The molecular weight excluding hydrogens is 336 g/mol. The number of carbonyl (C=O) groups excluding carboxylic acids is 2. The molecule has 0 radical (unpaired) electrons. The van der Waals surface area contributed by atoms with Gasteiger partial charge in [-0.05, 0) is 37.8 Å². The van der Waals surface area contributed by atoms with Crippen LogP contribution in [0.1, 0.15) is 46.5 Å². The summed E-state index contributed by atoms with van der Waals surface area (Å²) in [5.74, 6) is -0.106. The van der Waals surface area contributed by atoms with E-state index in [2.05, 4.69) is 13.8 Å². The van der Waals surface area contributed by atoms with E-state index < -0.39 is 5.60 Å². The van der Waals surface area contributed by atoms with Gasteiger partial charge in [-0.25, -0.2) is 0 Å². The van der Waals surface area contributed by atoms with Crippen molar-refractivity contribution in [1.29, 1.82) is 0 Å². The molecule has 0 amide bonds. The second-order valence-electron chi connectivity index (χ2n) is 7.26. The molecular formula is C20H28O4S. The van der Waals surface area contributed by atoms with Gasteiger partial charge in [0, 0.05) is 10.8 Å². The van der Waals surface area contributed by atoms with Crippen LogP contribution in [0.5, 0.6) is 0 Å². The van der Waals surface area contributed by atoms with Crippen LogP contribution in [0.3, 0.4) is 0 Å². The maximum atomic E-state index is 12.6. The van der Waals surface area contributed by atoms with Crippen molar-refractivity contribution in [3.05, 3.63) is 30.3 Å². The van der Waals surface area contributed by atoms with Gasteiger partial charge in [0.2, 0.25) is 0 Å². The highest BCUT2D eigenvalue weighted by Gasteiger charge is 2.53. The maximum absolute atomic E-state index is 12.6. The van der Waals surface area contributed by atoms with Crippen LogP contribution in [-0.2, 0) is 19.1 Å². The predicted octanol–water partition coefficient (Wildman–Crippen LogP) is 4.47. The molecule has 138 valence electrons. The molecule has 1 aliphatic rings. The minimum Gasteiger partial charge on any atom is -0.469 e. The Kier molecular flexibility index (Phi) is 6.94. The lowest BCUT2D eigenvalue weighted by Crippen LogP contribution is -2.36. The quantitative estimate of drug-likeness (QED) is 0.637. The van der Waals surface area contributed by atoms with E-state index in [1.54, 1.807) is 0 Å². The highest BCUT2D eigenvalue weighted by Crippen LogP contribution is 2.46. The van der Waals surface area contributed by atoms with Crippen molar-refractivity contribution in [2.24, 2.45) is 11.8 Å². The van der Waals surface area contributed by atoms with Gasteiger partial charge in [0.1, 0.15) is 10.9 Å². The van der Waals surface area contributed by atoms with Crippen molar-refractivity contribution in [3.8, 4) is 0 Å². The zero-order chi connectivity index (χ0) is 18.4. The Morgan fingerprint density at radius 2 is 2.00 bits per heavy atom. The maximum Gasteiger partial charge on any atom is 0.320 e. The summed E-state index contributed by atoms with van der Waals surface area (Å²) in [5, 5.41) is -0.384. The summed E-state index contributed by atoms with van der Waals surface area (Å²) in [4.78, 5) is 25.5. The van der Waals surface area contributed by atoms with E-state index in [-0.39, 0.29) is 29.5 Å². The average molecular weight is 365 g/mol. The second kappa shape index (κ2) is 8.75. The van der Waals surface area contributed by atoms with Gasteiger partial charge < -0.3 is 9.47 Å². The minimum absolute atomic E-state index is 0.190. The summed E-state index contributed by atoms with van der Waals surface area (Å²) in [5.41, 5.74) is -0.618. The van der Waals surface area contributed by atoms with Crippen LogP contribution in [-0.4, -0.2) is 29.9 Å². The summed E-state index contributed by atoms with van der Waals surface area (Å²) in [7, 11) is 1.38. The van der Waals surface area contributed by atoms with Crippen LogP contribution in [0.2, 0.25) is 0 Å². The lowest BCUT2D eigenvalue weighted by atomic mass is 9.82. The molecule has 5 heteroatoms. The molecule has 1 saturated heterocycles. The first kappa shape index (κ1) is 19.8. The Morgan fingerprint density at radius 1 is 1.32 bits per heavy atom. The summed E-state index contributed by atoms with van der Waals surface area (Å²) in [6, 6.07) is 9.78. The van der Waals surface area contributed by atoms with E-state index >= 15 is 0 Å². The number of rotatable bonds is 8. The lowest BCUT2D eigenvalue weighted by molar-refractivity contribution is -0.151. The molecule has 3 atom stereocenters. The Hall–Kier alpha value is -1.49. The molecule has 1 fully saturated rings. The molecule has 0 bridgehead atoms. The fourth-order valence-corrected chi connectivity index (χ4v) is 4.61. The van der Waals surface area contributed by atoms with Gasteiger partial charge in [0.25, 0.3) is 0 Å². The van der Waals surface area contributed by atoms with Crippen molar-refractivity contribution in [2.45, 2.75) is 62.2 Å². The first-order chi connectivity index (χ1) is 11.9. The van der Waals surface area contributed by atoms with Crippen molar-refractivity contribution < 1.29 is 19.1 Å². The van der Waals surface area contributed by atoms with E-state index in [1.807, 2.05) is 37.3 Å². The first-order valence-corrected chi connectivity index (χ1v) is 9.75. The van der Waals surface area contributed by atoms with Crippen LogP contribution < -0.4 is 0 Å². The molecule has 1 aromatic carbocycles. The number of ether oxygens (including phenoxy) is 2. The van der Waals surface area contributed by atoms with E-state index in [0.29, 0.717) is 5.92 Å². The third-order valence-electron chi connectivity index (χ3n) is 4.79. The van der Waals surface area contributed by atoms with Crippen LogP contribution in [0.4, 0.5) is 0 Å². The van der Waals surface area contributed by atoms with Crippen LogP contribution in [0, 0.1) is 11.8 Å². The Bertz CT molecular complexity index is 587. The summed E-state index contributed by atoms with van der Waals surface area (Å²) in [6.07, 6.45) is 3.02. The predicted molar refractivity (Wildman–Crippen MR) is 99.4 cm³/mol. The molecule has 1 heterocycles. The SMILES string of the molecule is COC(=O)C[C@@H]1[C@H](Sc2ccccc2)C(=O)O[C@@]1(C)CCCC(C)C. The molecule has 0 saturated carbocycles. The van der Waals surface area contributed by atoms with E-state index in [1.165, 1.54) is 18.9 Å². The van der Waals surface area contributed by atoms with Gasteiger partial charge in [0.05, 0.1) is 13.5 Å². The number of carbonyl (C=O) groups is 2. The number of methoxy groups -OCH3 is 1. The molecule has 4 nitrogen and oxygen atoms in total. The standard InChI is InChI=1S/C20H28O4S/c1-14(2)9-8-12-20(3)16(13-17(21)23-4)18(19(22)24-20)25-15-10-6-5-7-11-15/h5-7,10-11,14,16,18H,8-9,12-13H2,1-4H3/t16-,18+,20+/m1/s1. The van der Waals surface area contributed by atoms with Crippen molar-refractivity contribution in [3.63, 3.8) is 0 Å². The third-order valence-corrected chi connectivity index (χ3v) is 6.11. The highest BCUT2D eigenvalue weighted by atomic mass is 32.2. The lowest BCUT2D eigenvalue weighted by Gasteiger charge is -2.30. The topological polar surface area (TPSA) is 52.6 Å². The smallest absolute Gasteiger partial charge is 0.320 e. The molecule has 0 N–H and O–H groups in total. The minimum atomic E-state index is -0.618. The van der Waals surface area contributed by atoms with Crippen LogP contribution in [0.15, 0.2) is 35.2 Å². The van der Waals surface area contributed by atoms with Gasteiger partial charge in [-0.2, -0.15) is 0 Å². The molecule has 0 aliphatic carbocycles. The summed E-state index contributed by atoms with van der Waals surface area (Å²) >= 11 is 1.48. The zero-order valence-corrected chi connectivity index (χ0v) is 16.3. The van der Waals surface area contributed by atoms with E-state index in [4.69, 9.17) is 9.47 Å². The fraction of sp³-hybridized carbons (Fsp3) is 0.600. The molecule has 1 aliphatic heterocycles. The zero-order valence-electron chi connectivity index (χ0n) is 15.5. The van der Waals surface area contributed by atoms with Gasteiger partial charge in [0.15, 0.2) is 0 Å². The van der Waals surface area contributed by atoms with Crippen LogP contribution >= 0.6 is 11.8 Å². The average Bonchev–Trinajstić information content (AvgIpc) is 2.79. The number of cyclic esters (lactones) is 1. The summed E-state index contributed by atoms with van der Waals surface area (Å²) < 4.78 is 10.7. The van der Waals surface area contributed by atoms with Gasteiger partial charge >= 0.3 is 11.9 Å². The van der Waals surface area contributed by atoms with Crippen LogP contribution in [0.25, 0.3) is 0 Å². The Balaban J connectivity index is 2.18. The monoisotopic (exact) mass is 364 g/mol. The van der Waals surface area contributed by atoms with Crippen molar-refractivity contribution in [1.82, 2.24) is 0 Å². The Labute approximate surface area is 154 Å². The third kappa shape index (κ3) is 5.24. The largest absolute Gasteiger partial charge is 0.469 e. The number of thioether (sulfide) groups is 1. The van der Waals surface area contributed by atoms with Gasteiger partial charge in [-0.1, -0.05) is 38.5 Å². The molecule has 0 spiro atoms. The molecule has 1 aromatic rings.